The SMILES string of the molecule is Cc1cc([C@@H]2[C@H](c3ccccn3)NC(=S)N2C[C@H]2CCCO2)c(C)n1C(C)C. The highest BCUT2D eigenvalue weighted by atomic mass is 32.1. The number of hydrogen-bond donors (Lipinski definition) is 1. The molecule has 2 aliphatic heterocycles. The molecule has 0 amide bonds. The molecule has 6 heteroatoms. The maximum atomic E-state index is 5.94. The molecule has 2 aromatic rings. The lowest BCUT2D eigenvalue weighted by Gasteiger charge is -2.30. The molecule has 0 radical (unpaired) electrons. The van der Waals surface area contributed by atoms with Crippen LogP contribution in [-0.2, 0) is 4.74 Å². The zero-order chi connectivity index (χ0) is 19.8. The van der Waals surface area contributed by atoms with Gasteiger partial charge in [0.1, 0.15) is 0 Å². The van der Waals surface area contributed by atoms with E-state index in [1.54, 1.807) is 0 Å². The predicted molar refractivity (Wildman–Crippen MR) is 115 cm³/mol. The van der Waals surface area contributed by atoms with E-state index < -0.39 is 0 Å². The second-order valence-corrected chi connectivity index (χ2v) is 8.59. The second kappa shape index (κ2) is 7.84. The van der Waals surface area contributed by atoms with Gasteiger partial charge < -0.3 is 19.5 Å². The van der Waals surface area contributed by atoms with E-state index in [9.17, 15) is 0 Å². The fourth-order valence-electron chi connectivity index (χ4n) is 4.85. The van der Waals surface area contributed by atoms with E-state index in [0.29, 0.717) is 6.04 Å². The zero-order valence-electron chi connectivity index (χ0n) is 17.2. The Morgan fingerprint density at radius 3 is 2.75 bits per heavy atom. The lowest BCUT2D eigenvalue weighted by molar-refractivity contribution is 0.0841. The Kier molecular flexibility index (Phi) is 5.43. The summed E-state index contributed by atoms with van der Waals surface area (Å²) in [5.74, 6) is 0. The maximum Gasteiger partial charge on any atom is 0.170 e. The van der Waals surface area contributed by atoms with Crippen molar-refractivity contribution in [2.75, 3.05) is 13.2 Å². The largest absolute Gasteiger partial charge is 0.376 e. The van der Waals surface area contributed by atoms with Crippen LogP contribution in [-0.4, -0.2) is 38.8 Å². The fourth-order valence-corrected chi connectivity index (χ4v) is 5.16. The van der Waals surface area contributed by atoms with Crippen molar-refractivity contribution in [1.29, 1.82) is 0 Å². The number of aromatic nitrogens is 2. The molecule has 2 aliphatic rings. The molecule has 2 fully saturated rings. The standard InChI is InChI=1S/C22H30N4OS/c1-14(2)26-15(3)12-18(16(26)4)21-20(19-9-5-6-10-23-19)24-22(28)25(21)13-17-8-7-11-27-17/h5-6,9-10,12,14,17,20-21H,7-8,11,13H2,1-4H3,(H,24,28)/t17-,20+,21-/m1/s1. The quantitative estimate of drug-likeness (QED) is 0.764. The van der Waals surface area contributed by atoms with E-state index in [2.05, 4.69) is 59.6 Å². The first-order valence-electron chi connectivity index (χ1n) is 10.3. The van der Waals surface area contributed by atoms with Crippen molar-refractivity contribution < 1.29 is 4.74 Å². The predicted octanol–water partition coefficient (Wildman–Crippen LogP) is 4.23. The fraction of sp³-hybridized carbons (Fsp3) is 0.545. The topological polar surface area (TPSA) is 42.3 Å². The van der Waals surface area contributed by atoms with Gasteiger partial charge >= 0.3 is 0 Å². The Balaban J connectivity index is 1.76. The average molecular weight is 399 g/mol. The summed E-state index contributed by atoms with van der Waals surface area (Å²) in [6, 6.07) is 9.00. The molecule has 0 bridgehead atoms. The summed E-state index contributed by atoms with van der Waals surface area (Å²) in [6.45, 7) is 10.6. The number of ether oxygens (including phenoxy) is 1. The number of hydrogen-bond acceptors (Lipinski definition) is 3. The third-order valence-corrected chi connectivity index (χ3v) is 6.33. The van der Waals surface area contributed by atoms with E-state index >= 15 is 0 Å². The van der Waals surface area contributed by atoms with Crippen LogP contribution in [0, 0.1) is 13.8 Å². The Bertz CT molecular complexity index is 842. The highest BCUT2D eigenvalue weighted by Gasteiger charge is 2.42. The molecule has 150 valence electrons. The van der Waals surface area contributed by atoms with Crippen LogP contribution in [0.3, 0.4) is 0 Å². The van der Waals surface area contributed by atoms with Gasteiger partial charge in [-0.15, -0.1) is 0 Å². The first-order chi connectivity index (χ1) is 13.5. The molecule has 1 N–H and O–H groups in total. The van der Waals surface area contributed by atoms with Crippen LogP contribution < -0.4 is 5.32 Å². The van der Waals surface area contributed by atoms with Crippen LogP contribution in [0.2, 0.25) is 0 Å². The number of nitrogens with zero attached hydrogens (tertiary/aromatic N) is 3. The molecular formula is C22H30N4OS. The van der Waals surface area contributed by atoms with E-state index in [-0.39, 0.29) is 18.2 Å². The molecular weight excluding hydrogens is 368 g/mol. The van der Waals surface area contributed by atoms with Crippen LogP contribution in [0.25, 0.3) is 0 Å². The second-order valence-electron chi connectivity index (χ2n) is 8.20. The Morgan fingerprint density at radius 2 is 2.14 bits per heavy atom. The van der Waals surface area contributed by atoms with Crippen molar-refractivity contribution in [3.63, 3.8) is 0 Å². The number of nitrogens with one attached hydrogen (secondary N) is 1. The summed E-state index contributed by atoms with van der Waals surface area (Å²) in [5.41, 5.74) is 4.95. The Labute approximate surface area is 173 Å². The zero-order valence-corrected chi connectivity index (χ0v) is 18.0. The maximum absolute atomic E-state index is 5.94. The van der Waals surface area contributed by atoms with E-state index in [4.69, 9.17) is 17.0 Å². The normalized spacial score (nSPS) is 25.0. The van der Waals surface area contributed by atoms with Crippen molar-refractivity contribution in [3.05, 3.63) is 53.1 Å². The van der Waals surface area contributed by atoms with E-state index in [1.165, 1.54) is 17.0 Å². The molecule has 0 spiro atoms. The molecule has 0 unspecified atom stereocenters. The molecule has 0 aliphatic carbocycles. The van der Waals surface area contributed by atoms with Crippen molar-refractivity contribution >= 4 is 17.3 Å². The molecule has 5 nitrogen and oxygen atoms in total. The van der Waals surface area contributed by atoms with Gasteiger partial charge in [-0.3, -0.25) is 4.98 Å². The van der Waals surface area contributed by atoms with Gasteiger partial charge in [0, 0.05) is 36.8 Å². The number of pyridine rings is 1. The van der Waals surface area contributed by atoms with Gasteiger partial charge in [0.25, 0.3) is 0 Å². The number of thiocarbonyl (C=S) groups is 1. The van der Waals surface area contributed by atoms with E-state index in [0.717, 1.165) is 36.8 Å². The summed E-state index contributed by atoms with van der Waals surface area (Å²) in [4.78, 5) is 6.97. The van der Waals surface area contributed by atoms with Crippen molar-refractivity contribution in [2.24, 2.45) is 0 Å². The molecule has 0 saturated carbocycles. The van der Waals surface area contributed by atoms with Crippen molar-refractivity contribution in [1.82, 2.24) is 19.8 Å². The van der Waals surface area contributed by atoms with Crippen LogP contribution in [0.15, 0.2) is 30.5 Å². The van der Waals surface area contributed by atoms with Gasteiger partial charge in [0.05, 0.1) is 23.9 Å². The third-order valence-electron chi connectivity index (χ3n) is 5.98. The molecule has 2 aromatic heterocycles. The van der Waals surface area contributed by atoms with Crippen LogP contribution in [0.4, 0.5) is 0 Å². The minimum atomic E-state index is 0.0382. The highest BCUT2D eigenvalue weighted by Crippen LogP contribution is 2.41. The van der Waals surface area contributed by atoms with Gasteiger partial charge in [0.2, 0.25) is 0 Å². The van der Waals surface area contributed by atoms with Gasteiger partial charge in [-0.25, -0.2) is 0 Å². The lowest BCUT2D eigenvalue weighted by atomic mass is 9.96. The summed E-state index contributed by atoms with van der Waals surface area (Å²) in [7, 11) is 0. The van der Waals surface area contributed by atoms with Crippen LogP contribution >= 0.6 is 12.2 Å². The highest BCUT2D eigenvalue weighted by molar-refractivity contribution is 7.80. The third kappa shape index (κ3) is 3.44. The van der Waals surface area contributed by atoms with Crippen molar-refractivity contribution in [3.8, 4) is 0 Å². The van der Waals surface area contributed by atoms with Gasteiger partial charge in [-0.1, -0.05) is 6.07 Å². The van der Waals surface area contributed by atoms with Crippen LogP contribution in [0.5, 0.6) is 0 Å². The van der Waals surface area contributed by atoms with Crippen molar-refractivity contribution in [2.45, 2.75) is 64.8 Å². The van der Waals surface area contributed by atoms with Crippen LogP contribution in [0.1, 0.15) is 67.5 Å². The molecule has 0 aromatic carbocycles. The smallest absolute Gasteiger partial charge is 0.170 e. The Morgan fingerprint density at radius 1 is 1.32 bits per heavy atom. The minimum absolute atomic E-state index is 0.0382. The first kappa shape index (κ1) is 19.4. The lowest BCUT2D eigenvalue weighted by Crippen LogP contribution is -2.36. The monoisotopic (exact) mass is 398 g/mol. The Hall–Kier alpha value is -1.92. The number of rotatable bonds is 5. The summed E-state index contributed by atoms with van der Waals surface area (Å²) < 4.78 is 8.35. The van der Waals surface area contributed by atoms with E-state index in [1.807, 2.05) is 18.3 Å². The molecule has 4 rings (SSSR count). The average Bonchev–Trinajstić information content (AvgIpc) is 3.36. The number of aryl methyl sites for hydroxylation is 1. The summed E-state index contributed by atoms with van der Waals surface area (Å²) in [6.07, 6.45) is 4.34. The molecule has 4 heterocycles. The van der Waals surface area contributed by atoms with Gasteiger partial charge in [-0.05, 0) is 76.5 Å². The van der Waals surface area contributed by atoms with Gasteiger partial charge in [-0.2, -0.15) is 0 Å². The summed E-state index contributed by atoms with van der Waals surface area (Å²) in [5, 5.41) is 4.35. The first-order valence-corrected chi connectivity index (χ1v) is 10.7. The minimum Gasteiger partial charge on any atom is -0.376 e. The van der Waals surface area contributed by atoms with Gasteiger partial charge in [0.15, 0.2) is 5.11 Å². The molecule has 3 atom stereocenters. The summed E-state index contributed by atoms with van der Waals surface area (Å²) >= 11 is 5.79. The molecule has 28 heavy (non-hydrogen) atoms. The molecule has 2 saturated heterocycles.